The maximum atomic E-state index is 3.73. The van der Waals surface area contributed by atoms with E-state index in [-0.39, 0.29) is 0 Å². The molecule has 1 heteroatoms. The third-order valence-electron chi connectivity index (χ3n) is 3.56. The Balaban J connectivity index is 2.11. The van der Waals surface area contributed by atoms with E-state index in [1.165, 1.54) is 37.7 Å². The van der Waals surface area contributed by atoms with E-state index >= 15 is 0 Å². The summed E-state index contributed by atoms with van der Waals surface area (Å²) in [6.07, 6.45) is 9.15. The molecule has 1 aliphatic rings. The molecule has 1 fully saturated rings. The molecule has 1 nitrogen and oxygen atoms in total. The number of hydrogen-bond donors (Lipinski definition) is 1. The number of nitrogens with one attached hydrogen (secondary N) is 1. The van der Waals surface area contributed by atoms with Crippen molar-refractivity contribution in [1.82, 2.24) is 5.32 Å². The first kappa shape index (κ1) is 12.8. The van der Waals surface area contributed by atoms with Gasteiger partial charge in [-0.2, -0.15) is 0 Å². The molecular weight excluding hydrogens is 182 g/mol. The molecular formula is C14H27N. The first-order valence-electron chi connectivity index (χ1n) is 6.49. The highest BCUT2D eigenvalue weighted by Crippen LogP contribution is 2.29. The zero-order valence-electron chi connectivity index (χ0n) is 10.8. The standard InChI is InChI=1S/C14H27N/c1-11(2)7-5-8-12(3)15-13(4)14-9-6-10-14/h7,12-15H,5-6,8-10H2,1-4H3. The van der Waals surface area contributed by atoms with Gasteiger partial charge in [0.15, 0.2) is 0 Å². The van der Waals surface area contributed by atoms with E-state index in [4.69, 9.17) is 0 Å². The van der Waals surface area contributed by atoms with E-state index in [2.05, 4.69) is 39.1 Å². The quantitative estimate of drug-likeness (QED) is 0.654. The molecule has 0 aromatic heterocycles. The van der Waals surface area contributed by atoms with Gasteiger partial charge in [-0.3, -0.25) is 0 Å². The van der Waals surface area contributed by atoms with Crippen LogP contribution >= 0.6 is 0 Å². The Bertz CT molecular complexity index is 199. The van der Waals surface area contributed by atoms with E-state index in [9.17, 15) is 0 Å². The van der Waals surface area contributed by atoms with Crippen LogP contribution in [0, 0.1) is 5.92 Å². The normalized spacial score (nSPS) is 20.5. The van der Waals surface area contributed by atoms with Gasteiger partial charge in [0.25, 0.3) is 0 Å². The Hall–Kier alpha value is -0.300. The molecule has 0 heterocycles. The van der Waals surface area contributed by atoms with Gasteiger partial charge in [0.1, 0.15) is 0 Å². The van der Waals surface area contributed by atoms with E-state index in [1.54, 1.807) is 0 Å². The third-order valence-corrected chi connectivity index (χ3v) is 3.56. The fraction of sp³-hybridized carbons (Fsp3) is 0.857. The summed E-state index contributed by atoms with van der Waals surface area (Å²) in [6.45, 7) is 9.01. The molecule has 88 valence electrons. The van der Waals surface area contributed by atoms with E-state index < -0.39 is 0 Å². The molecule has 2 atom stereocenters. The van der Waals surface area contributed by atoms with Crippen LogP contribution < -0.4 is 5.32 Å². The lowest BCUT2D eigenvalue weighted by Gasteiger charge is -2.33. The molecule has 1 N–H and O–H groups in total. The monoisotopic (exact) mass is 209 g/mol. The lowest BCUT2D eigenvalue weighted by Crippen LogP contribution is -2.41. The largest absolute Gasteiger partial charge is 0.311 e. The van der Waals surface area contributed by atoms with Crippen LogP contribution in [0.25, 0.3) is 0 Å². The summed E-state index contributed by atoms with van der Waals surface area (Å²) >= 11 is 0. The summed E-state index contributed by atoms with van der Waals surface area (Å²) in [5, 5.41) is 3.73. The number of hydrogen-bond acceptors (Lipinski definition) is 1. The minimum Gasteiger partial charge on any atom is -0.311 e. The van der Waals surface area contributed by atoms with E-state index in [1.807, 2.05) is 0 Å². The molecule has 0 aliphatic heterocycles. The van der Waals surface area contributed by atoms with Crippen molar-refractivity contribution in [3.63, 3.8) is 0 Å². The van der Waals surface area contributed by atoms with Crippen LogP contribution in [0.15, 0.2) is 11.6 Å². The number of rotatable bonds is 6. The van der Waals surface area contributed by atoms with Gasteiger partial charge in [0.2, 0.25) is 0 Å². The minimum absolute atomic E-state index is 0.663. The van der Waals surface area contributed by atoms with Crippen molar-refractivity contribution in [1.29, 1.82) is 0 Å². The van der Waals surface area contributed by atoms with E-state index in [0.29, 0.717) is 6.04 Å². The van der Waals surface area contributed by atoms with Crippen LogP contribution in [-0.4, -0.2) is 12.1 Å². The fourth-order valence-electron chi connectivity index (χ4n) is 2.23. The van der Waals surface area contributed by atoms with Gasteiger partial charge in [0, 0.05) is 12.1 Å². The molecule has 0 radical (unpaired) electrons. The molecule has 1 aliphatic carbocycles. The lowest BCUT2D eigenvalue weighted by atomic mass is 9.80. The van der Waals surface area contributed by atoms with Gasteiger partial charge in [-0.1, -0.05) is 18.1 Å². The topological polar surface area (TPSA) is 12.0 Å². The average molecular weight is 209 g/mol. The maximum absolute atomic E-state index is 3.73. The second kappa shape index (κ2) is 6.32. The van der Waals surface area contributed by atoms with Crippen molar-refractivity contribution in [2.24, 2.45) is 5.92 Å². The first-order chi connectivity index (χ1) is 7.09. The summed E-state index contributed by atoms with van der Waals surface area (Å²) < 4.78 is 0. The summed E-state index contributed by atoms with van der Waals surface area (Å²) in [7, 11) is 0. The van der Waals surface area contributed by atoms with Crippen molar-refractivity contribution < 1.29 is 0 Å². The fourth-order valence-corrected chi connectivity index (χ4v) is 2.23. The molecule has 1 saturated carbocycles. The van der Waals surface area contributed by atoms with Gasteiger partial charge < -0.3 is 5.32 Å². The van der Waals surface area contributed by atoms with Gasteiger partial charge in [0.05, 0.1) is 0 Å². The van der Waals surface area contributed by atoms with Crippen molar-refractivity contribution >= 4 is 0 Å². The Kier molecular flexibility index (Phi) is 5.38. The third kappa shape index (κ3) is 4.83. The van der Waals surface area contributed by atoms with E-state index in [0.717, 1.165) is 12.0 Å². The van der Waals surface area contributed by atoms with Gasteiger partial charge in [-0.15, -0.1) is 0 Å². The Morgan fingerprint density at radius 3 is 2.47 bits per heavy atom. The van der Waals surface area contributed by atoms with Gasteiger partial charge in [-0.05, 0) is 59.3 Å². The molecule has 0 spiro atoms. The summed E-state index contributed by atoms with van der Waals surface area (Å²) in [5.74, 6) is 0.955. The summed E-state index contributed by atoms with van der Waals surface area (Å²) in [6, 6.07) is 1.39. The zero-order valence-corrected chi connectivity index (χ0v) is 10.8. The number of allylic oxidation sites excluding steroid dienone is 2. The first-order valence-corrected chi connectivity index (χ1v) is 6.49. The van der Waals surface area contributed by atoms with Crippen LogP contribution in [-0.2, 0) is 0 Å². The van der Waals surface area contributed by atoms with Crippen molar-refractivity contribution in [2.45, 2.75) is 71.9 Å². The summed E-state index contributed by atoms with van der Waals surface area (Å²) in [5.41, 5.74) is 1.44. The Morgan fingerprint density at radius 2 is 2.00 bits per heavy atom. The summed E-state index contributed by atoms with van der Waals surface area (Å²) in [4.78, 5) is 0. The van der Waals surface area contributed by atoms with Crippen molar-refractivity contribution in [3.05, 3.63) is 11.6 Å². The Labute approximate surface area is 95.3 Å². The van der Waals surface area contributed by atoms with Crippen molar-refractivity contribution in [2.75, 3.05) is 0 Å². The Morgan fingerprint density at radius 1 is 1.33 bits per heavy atom. The average Bonchev–Trinajstić information content (AvgIpc) is 1.98. The molecule has 2 unspecified atom stereocenters. The van der Waals surface area contributed by atoms with Crippen LogP contribution in [0.5, 0.6) is 0 Å². The molecule has 0 aromatic carbocycles. The SMILES string of the molecule is CC(C)=CCCC(C)NC(C)C1CCC1. The molecule has 15 heavy (non-hydrogen) atoms. The maximum Gasteiger partial charge on any atom is 0.00694 e. The second-order valence-electron chi connectivity index (χ2n) is 5.41. The van der Waals surface area contributed by atoms with Crippen LogP contribution in [0.2, 0.25) is 0 Å². The van der Waals surface area contributed by atoms with Crippen LogP contribution in [0.4, 0.5) is 0 Å². The van der Waals surface area contributed by atoms with Gasteiger partial charge >= 0.3 is 0 Å². The molecule has 0 aromatic rings. The van der Waals surface area contributed by atoms with Gasteiger partial charge in [-0.25, -0.2) is 0 Å². The predicted octanol–water partition coefficient (Wildman–Crippen LogP) is 3.90. The molecule has 0 amide bonds. The zero-order chi connectivity index (χ0) is 11.3. The minimum atomic E-state index is 0.663. The highest BCUT2D eigenvalue weighted by molar-refractivity contribution is 4.93. The molecule has 0 saturated heterocycles. The van der Waals surface area contributed by atoms with Crippen molar-refractivity contribution in [3.8, 4) is 0 Å². The second-order valence-corrected chi connectivity index (χ2v) is 5.41. The van der Waals surface area contributed by atoms with Crippen LogP contribution in [0.3, 0.4) is 0 Å². The highest BCUT2D eigenvalue weighted by Gasteiger charge is 2.24. The van der Waals surface area contributed by atoms with Crippen LogP contribution in [0.1, 0.15) is 59.8 Å². The highest BCUT2D eigenvalue weighted by atomic mass is 14.9. The molecule has 0 bridgehead atoms. The lowest BCUT2D eigenvalue weighted by molar-refractivity contribution is 0.227. The molecule has 1 rings (SSSR count). The smallest absolute Gasteiger partial charge is 0.00694 e. The predicted molar refractivity (Wildman–Crippen MR) is 68.1 cm³/mol.